The van der Waals surface area contributed by atoms with E-state index in [0.29, 0.717) is 29.5 Å². The lowest BCUT2D eigenvalue weighted by Crippen LogP contribution is -2.27. The molecular formula is C12H18N2O2. The summed E-state index contributed by atoms with van der Waals surface area (Å²) < 4.78 is 5.02. The molecule has 1 aromatic carbocycles. The van der Waals surface area contributed by atoms with Crippen LogP contribution in [-0.2, 0) is 0 Å². The molecule has 0 unspecified atom stereocenters. The van der Waals surface area contributed by atoms with Crippen molar-refractivity contribution in [3.05, 3.63) is 23.8 Å². The first kappa shape index (κ1) is 12.4. The fourth-order valence-electron chi connectivity index (χ4n) is 1.27. The second kappa shape index (κ2) is 5.39. The number of benzene rings is 1. The molecule has 88 valence electrons. The molecule has 0 saturated carbocycles. The van der Waals surface area contributed by atoms with E-state index in [1.54, 1.807) is 25.3 Å². The van der Waals surface area contributed by atoms with Crippen LogP contribution in [-0.4, -0.2) is 19.6 Å². The monoisotopic (exact) mass is 222 g/mol. The normalized spacial score (nSPS) is 10.2. The fraction of sp³-hybridized carbons (Fsp3) is 0.417. The molecule has 3 N–H and O–H groups in total. The van der Waals surface area contributed by atoms with Gasteiger partial charge in [-0.05, 0) is 24.1 Å². The standard InChI is InChI=1S/C12H18N2O2/c1-8(2)7-14-12(15)9-4-5-11(16-3)10(13)6-9/h4-6,8H,7,13H2,1-3H3,(H,14,15). The van der Waals surface area contributed by atoms with Gasteiger partial charge in [0.25, 0.3) is 5.91 Å². The summed E-state index contributed by atoms with van der Waals surface area (Å²) in [4.78, 5) is 11.7. The van der Waals surface area contributed by atoms with Gasteiger partial charge in [0.15, 0.2) is 0 Å². The van der Waals surface area contributed by atoms with Gasteiger partial charge in [-0.2, -0.15) is 0 Å². The molecule has 1 aromatic rings. The van der Waals surface area contributed by atoms with E-state index in [9.17, 15) is 4.79 Å². The molecule has 0 aromatic heterocycles. The Balaban J connectivity index is 2.73. The van der Waals surface area contributed by atoms with Crippen LogP contribution in [0.5, 0.6) is 5.75 Å². The van der Waals surface area contributed by atoms with E-state index >= 15 is 0 Å². The number of rotatable bonds is 4. The number of hydrogen-bond acceptors (Lipinski definition) is 3. The largest absolute Gasteiger partial charge is 0.495 e. The summed E-state index contributed by atoms with van der Waals surface area (Å²) >= 11 is 0. The van der Waals surface area contributed by atoms with Gasteiger partial charge in [0, 0.05) is 12.1 Å². The number of nitrogens with two attached hydrogens (primary N) is 1. The number of anilines is 1. The van der Waals surface area contributed by atoms with Crippen LogP contribution < -0.4 is 15.8 Å². The topological polar surface area (TPSA) is 64.3 Å². The molecule has 0 aliphatic carbocycles. The van der Waals surface area contributed by atoms with Crippen LogP contribution in [0.2, 0.25) is 0 Å². The van der Waals surface area contributed by atoms with Gasteiger partial charge in [-0.25, -0.2) is 0 Å². The van der Waals surface area contributed by atoms with Gasteiger partial charge >= 0.3 is 0 Å². The molecule has 0 spiro atoms. The number of carbonyl (C=O) groups excluding carboxylic acids is 1. The number of carbonyl (C=O) groups is 1. The summed E-state index contributed by atoms with van der Waals surface area (Å²) in [7, 11) is 1.55. The van der Waals surface area contributed by atoms with E-state index in [0.717, 1.165) is 0 Å². The van der Waals surface area contributed by atoms with Crippen LogP contribution in [0, 0.1) is 5.92 Å². The summed E-state index contributed by atoms with van der Waals surface area (Å²) in [5, 5.41) is 2.83. The zero-order chi connectivity index (χ0) is 12.1. The van der Waals surface area contributed by atoms with Crippen LogP contribution in [0.4, 0.5) is 5.69 Å². The van der Waals surface area contributed by atoms with Crippen LogP contribution in [0.3, 0.4) is 0 Å². The van der Waals surface area contributed by atoms with Gasteiger partial charge in [-0.15, -0.1) is 0 Å². The Morgan fingerprint density at radius 2 is 2.19 bits per heavy atom. The number of hydrogen-bond donors (Lipinski definition) is 2. The Morgan fingerprint density at radius 3 is 2.69 bits per heavy atom. The molecule has 16 heavy (non-hydrogen) atoms. The van der Waals surface area contributed by atoms with Crippen molar-refractivity contribution in [2.24, 2.45) is 5.92 Å². The van der Waals surface area contributed by atoms with Gasteiger partial charge in [-0.1, -0.05) is 13.8 Å². The highest BCUT2D eigenvalue weighted by atomic mass is 16.5. The first-order valence-corrected chi connectivity index (χ1v) is 5.26. The second-order valence-electron chi connectivity index (χ2n) is 4.06. The van der Waals surface area contributed by atoms with Crippen molar-refractivity contribution >= 4 is 11.6 Å². The SMILES string of the molecule is COc1ccc(C(=O)NCC(C)C)cc1N. The highest BCUT2D eigenvalue weighted by Gasteiger charge is 2.08. The van der Waals surface area contributed by atoms with Gasteiger partial charge in [-0.3, -0.25) is 4.79 Å². The Hall–Kier alpha value is -1.71. The third-order valence-electron chi connectivity index (χ3n) is 2.16. The zero-order valence-electron chi connectivity index (χ0n) is 9.91. The highest BCUT2D eigenvalue weighted by Crippen LogP contribution is 2.21. The van der Waals surface area contributed by atoms with Crippen molar-refractivity contribution in [3.8, 4) is 5.75 Å². The lowest BCUT2D eigenvalue weighted by atomic mass is 10.1. The average Bonchev–Trinajstić information content (AvgIpc) is 2.25. The van der Waals surface area contributed by atoms with E-state index in [-0.39, 0.29) is 5.91 Å². The fourth-order valence-corrected chi connectivity index (χ4v) is 1.27. The second-order valence-corrected chi connectivity index (χ2v) is 4.06. The van der Waals surface area contributed by atoms with Crippen molar-refractivity contribution < 1.29 is 9.53 Å². The molecule has 0 aliphatic heterocycles. The third-order valence-corrected chi connectivity index (χ3v) is 2.16. The summed E-state index contributed by atoms with van der Waals surface area (Å²) in [5.41, 5.74) is 6.75. The number of nitrogen functional groups attached to an aromatic ring is 1. The third kappa shape index (κ3) is 3.15. The average molecular weight is 222 g/mol. The minimum atomic E-state index is -0.108. The maximum absolute atomic E-state index is 11.7. The highest BCUT2D eigenvalue weighted by molar-refractivity contribution is 5.95. The summed E-state index contributed by atoms with van der Waals surface area (Å²) in [6.45, 7) is 4.75. The van der Waals surface area contributed by atoms with Crippen molar-refractivity contribution in [2.75, 3.05) is 19.4 Å². The lowest BCUT2D eigenvalue weighted by Gasteiger charge is -2.09. The summed E-state index contributed by atoms with van der Waals surface area (Å²) in [6, 6.07) is 5.01. The molecule has 0 fully saturated rings. The van der Waals surface area contributed by atoms with Gasteiger partial charge in [0.2, 0.25) is 0 Å². The Morgan fingerprint density at radius 1 is 1.50 bits per heavy atom. The smallest absolute Gasteiger partial charge is 0.251 e. The molecule has 0 heterocycles. The summed E-state index contributed by atoms with van der Waals surface area (Å²) in [5.74, 6) is 0.906. The van der Waals surface area contributed by atoms with E-state index in [1.165, 1.54) is 0 Å². The van der Waals surface area contributed by atoms with Crippen molar-refractivity contribution in [2.45, 2.75) is 13.8 Å². The van der Waals surface area contributed by atoms with Crippen molar-refractivity contribution in [1.82, 2.24) is 5.32 Å². The lowest BCUT2D eigenvalue weighted by molar-refractivity contribution is 0.0949. The van der Waals surface area contributed by atoms with Crippen LogP contribution >= 0.6 is 0 Å². The predicted molar refractivity (Wildman–Crippen MR) is 64.6 cm³/mol. The molecule has 0 aliphatic rings. The van der Waals surface area contributed by atoms with E-state index in [1.807, 2.05) is 13.8 Å². The predicted octanol–water partition coefficient (Wildman–Crippen LogP) is 1.66. The zero-order valence-corrected chi connectivity index (χ0v) is 9.91. The number of ether oxygens (including phenoxy) is 1. The first-order valence-electron chi connectivity index (χ1n) is 5.26. The van der Waals surface area contributed by atoms with Crippen molar-refractivity contribution in [1.29, 1.82) is 0 Å². The minimum Gasteiger partial charge on any atom is -0.495 e. The quantitative estimate of drug-likeness (QED) is 0.761. The van der Waals surface area contributed by atoms with Crippen LogP contribution in [0.15, 0.2) is 18.2 Å². The number of methoxy groups -OCH3 is 1. The summed E-state index contributed by atoms with van der Waals surface area (Å²) in [6.07, 6.45) is 0. The van der Waals surface area contributed by atoms with E-state index in [4.69, 9.17) is 10.5 Å². The molecule has 0 saturated heterocycles. The Bertz CT molecular complexity index is 375. The van der Waals surface area contributed by atoms with Gasteiger partial charge in [0.05, 0.1) is 12.8 Å². The molecule has 0 radical (unpaired) electrons. The first-order chi connectivity index (χ1) is 7.54. The Labute approximate surface area is 95.8 Å². The molecule has 0 bridgehead atoms. The molecule has 4 heteroatoms. The van der Waals surface area contributed by atoms with Crippen LogP contribution in [0.25, 0.3) is 0 Å². The maximum Gasteiger partial charge on any atom is 0.251 e. The molecule has 0 atom stereocenters. The molecule has 1 amide bonds. The minimum absolute atomic E-state index is 0.108. The van der Waals surface area contributed by atoms with Gasteiger partial charge < -0.3 is 15.8 Å². The molecule has 1 rings (SSSR count). The van der Waals surface area contributed by atoms with E-state index < -0.39 is 0 Å². The Kier molecular flexibility index (Phi) is 4.17. The van der Waals surface area contributed by atoms with Gasteiger partial charge in [0.1, 0.15) is 5.75 Å². The number of amides is 1. The number of nitrogens with one attached hydrogen (secondary N) is 1. The van der Waals surface area contributed by atoms with Crippen LogP contribution in [0.1, 0.15) is 24.2 Å². The molecule has 4 nitrogen and oxygen atoms in total. The maximum atomic E-state index is 11.7. The molecular weight excluding hydrogens is 204 g/mol. The van der Waals surface area contributed by atoms with E-state index in [2.05, 4.69) is 5.32 Å². The van der Waals surface area contributed by atoms with Crippen molar-refractivity contribution in [3.63, 3.8) is 0 Å².